The molecule has 0 atom stereocenters. The maximum Gasteiger partial charge on any atom is 0.416 e. The summed E-state index contributed by atoms with van der Waals surface area (Å²) in [6, 6.07) is 8.08. The number of methoxy groups -OCH3 is 1. The van der Waals surface area contributed by atoms with Crippen LogP contribution in [0, 0.1) is 0 Å². The Bertz CT molecular complexity index is 619. The van der Waals surface area contributed by atoms with Gasteiger partial charge in [0.1, 0.15) is 5.75 Å². The van der Waals surface area contributed by atoms with Crippen molar-refractivity contribution >= 4 is 23.2 Å². The second-order valence-corrected chi connectivity index (χ2v) is 4.82. The van der Waals surface area contributed by atoms with Crippen LogP contribution in [-0.4, -0.2) is 7.11 Å². The number of alkyl halides is 3. The summed E-state index contributed by atoms with van der Waals surface area (Å²) in [5.41, 5.74) is 0.0683. The molecule has 0 aromatic heterocycles. The minimum atomic E-state index is -4.43. The molecule has 1 nitrogen and oxygen atoms in total. The Kier molecular flexibility index (Phi) is 4.16. The van der Waals surface area contributed by atoms with Gasteiger partial charge in [0, 0.05) is 11.1 Å². The van der Waals surface area contributed by atoms with Crippen LogP contribution in [0.5, 0.6) is 5.75 Å². The molecule has 0 radical (unpaired) electrons. The highest BCUT2D eigenvalue weighted by atomic mass is 35.5. The van der Waals surface area contributed by atoms with Crippen molar-refractivity contribution in [2.45, 2.75) is 6.18 Å². The van der Waals surface area contributed by atoms with Gasteiger partial charge in [-0.2, -0.15) is 13.2 Å². The maximum atomic E-state index is 12.7. The summed E-state index contributed by atoms with van der Waals surface area (Å²) in [7, 11) is 1.30. The van der Waals surface area contributed by atoms with Crippen LogP contribution in [0.3, 0.4) is 0 Å². The molecule has 6 heteroatoms. The first-order valence-electron chi connectivity index (χ1n) is 5.54. The summed E-state index contributed by atoms with van der Waals surface area (Å²) in [6.45, 7) is 0. The number of hydrogen-bond donors (Lipinski definition) is 0. The van der Waals surface area contributed by atoms with Crippen LogP contribution in [-0.2, 0) is 6.18 Å². The van der Waals surface area contributed by atoms with E-state index >= 15 is 0 Å². The largest absolute Gasteiger partial charge is 0.496 e. The first-order chi connectivity index (χ1) is 9.34. The zero-order chi connectivity index (χ0) is 14.9. The molecule has 0 aliphatic rings. The van der Waals surface area contributed by atoms with Gasteiger partial charge < -0.3 is 4.74 Å². The van der Waals surface area contributed by atoms with Gasteiger partial charge in [-0.15, -0.1) is 0 Å². The molecule has 0 saturated heterocycles. The third-order valence-corrected chi connectivity index (χ3v) is 3.39. The van der Waals surface area contributed by atoms with Crippen molar-refractivity contribution in [2.24, 2.45) is 0 Å². The zero-order valence-corrected chi connectivity index (χ0v) is 11.8. The van der Waals surface area contributed by atoms with E-state index in [2.05, 4.69) is 0 Å². The molecule has 0 N–H and O–H groups in total. The fourth-order valence-corrected chi connectivity index (χ4v) is 2.43. The Balaban J connectivity index is 2.64. The van der Waals surface area contributed by atoms with Gasteiger partial charge in [0.25, 0.3) is 0 Å². The lowest BCUT2D eigenvalue weighted by atomic mass is 10.0. The van der Waals surface area contributed by atoms with Crippen molar-refractivity contribution in [3.8, 4) is 16.9 Å². The molecule has 0 heterocycles. The maximum absolute atomic E-state index is 12.7. The number of rotatable bonds is 2. The monoisotopic (exact) mass is 320 g/mol. The lowest BCUT2D eigenvalue weighted by Gasteiger charge is -2.14. The third kappa shape index (κ3) is 2.86. The molecule has 0 amide bonds. The average Bonchev–Trinajstić information content (AvgIpc) is 2.37. The van der Waals surface area contributed by atoms with E-state index in [-0.39, 0.29) is 5.75 Å². The normalized spacial score (nSPS) is 11.5. The Morgan fingerprint density at radius 1 is 1.00 bits per heavy atom. The highest BCUT2D eigenvalue weighted by molar-refractivity contribution is 6.39. The minimum absolute atomic E-state index is 0.0647. The Labute approximate surface area is 123 Å². The summed E-state index contributed by atoms with van der Waals surface area (Å²) in [5.74, 6) is 0.0647. The van der Waals surface area contributed by atoms with Crippen molar-refractivity contribution in [1.29, 1.82) is 0 Å². The molecular weight excluding hydrogens is 312 g/mol. The highest BCUT2D eigenvalue weighted by Crippen LogP contribution is 2.42. The number of hydrogen-bond acceptors (Lipinski definition) is 1. The molecule has 2 aromatic carbocycles. The molecular formula is C14H9Cl2F3O. The lowest BCUT2D eigenvalue weighted by Crippen LogP contribution is -2.05. The van der Waals surface area contributed by atoms with Gasteiger partial charge in [-0.25, -0.2) is 0 Å². The summed E-state index contributed by atoms with van der Waals surface area (Å²) in [6.07, 6.45) is -4.43. The zero-order valence-electron chi connectivity index (χ0n) is 10.3. The van der Waals surface area contributed by atoms with Gasteiger partial charge >= 0.3 is 6.18 Å². The van der Waals surface area contributed by atoms with Crippen LogP contribution in [0.25, 0.3) is 11.1 Å². The number of benzene rings is 2. The molecule has 0 spiro atoms. The van der Waals surface area contributed by atoms with E-state index in [0.29, 0.717) is 21.2 Å². The van der Waals surface area contributed by atoms with E-state index in [1.54, 1.807) is 18.2 Å². The summed E-state index contributed by atoms with van der Waals surface area (Å²) < 4.78 is 43.1. The third-order valence-electron chi connectivity index (χ3n) is 2.76. The van der Waals surface area contributed by atoms with Crippen molar-refractivity contribution < 1.29 is 17.9 Å². The SMILES string of the molecule is COc1cc(C(F)(F)F)ccc1-c1c(Cl)cccc1Cl. The van der Waals surface area contributed by atoms with Gasteiger partial charge in [-0.1, -0.05) is 29.3 Å². The van der Waals surface area contributed by atoms with Crippen LogP contribution >= 0.6 is 23.2 Å². The molecule has 0 unspecified atom stereocenters. The predicted octanol–water partition coefficient (Wildman–Crippen LogP) is 5.69. The van der Waals surface area contributed by atoms with Gasteiger partial charge in [0.15, 0.2) is 0 Å². The lowest BCUT2D eigenvalue weighted by molar-refractivity contribution is -0.137. The Morgan fingerprint density at radius 2 is 1.60 bits per heavy atom. The fourth-order valence-electron chi connectivity index (χ4n) is 1.83. The summed E-state index contributed by atoms with van der Waals surface area (Å²) in [4.78, 5) is 0. The van der Waals surface area contributed by atoms with Crippen LogP contribution in [0.2, 0.25) is 10.0 Å². The van der Waals surface area contributed by atoms with E-state index < -0.39 is 11.7 Å². The topological polar surface area (TPSA) is 9.23 Å². The van der Waals surface area contributed by atoms with Crippen molar-refractivity contribution in [2.75, 3.05) is 7.11 Å². The van der Waals surface area contributed by atoms with Crippen LogP contribution in [0.4, 0.5) is 13.2 Å². The van der Waals surface area contributed by atoms with Crippen LogP contribution in [0.15, 0.2) is 36.4 Å². The summed E-state index contributed by atoms with van der Waals surface area (Å²) in [5, 5.41) is 0.686. The van der Waals surface area contributed by atoms with E-state index in [9.17, 15) is 13.2 Å². The average molecular weight is 321 g/mol. The van der Waals surface area contributed by atoms with Crippen molar-refractivity contribution in [3.05, 3.63) is 52.0 Å². The number of ether oxygens (including phenoxy) is 1. The molecule has 0 bridgehead atoms. The van der Waals surface area contributed by atoms with Crippen LogP contribution in [0.1, 0.15) is 5.56 Å². The second-order valence-electron chi connectivity index (χ2n) is 4.01. The fraction of sp³-hybridized carbons (Fsp3) is 0.143. The number of halogens is 5. The van der Waals surface area contributed by atoms with Gasteiger partial charge in [0.2, 0.25) is 0 Å². The second kappa shape index (κ2) is 5.54. The van der Waals surface area contributed by atoms with E-state index in [1.807, 2.05) is 0 Å². The van der Waals surface area contributed by atoms with Gasteiger partial charge in [-0.05, 0) is 30.3 Å². The Morgan fingerprint density at radius 3 is 2.10 bits per heavy atom. The molecule has 0 saturated carbocycles. The molecule has 0 aliphatic heterocycles. The molecule has 0 aliphatic carbocycles. The summed E-state index contributed by atoms with van der Waals surface area (Å²) >= 11 is 12.1. The highest BCUT2D eigenvalue weighted by Gasteiger charge is 2.31. The molecule has 2 aromatic rings. The standard InChI is InChI=1S/C14H9Cl2F3O/c1-20-12-7-8(14(17,18)19)5-6-9(12)13-10(15)3-2-4-11(13)16/h2-7H,1H3. The molecule has 20 heavy (non-hydrogen) atoms. The Hall–Kier alpha value is -1.39. The first-order valence-corrected chi connectivity index (χ1v) is 6.30. The quantitative estimate of drug-likeness (QED) is 0.690. The van der Waals surface area contributed by atoms with E-state index in [0.717, 1.165) is 12.1 Å². The minimum Gasteiger partial charge on any atom is -0.496 e. The molecule has 0 fully saturated rings. The smallest absolute Gasteiger partial charge is 0.416 e. The van der Waals surface area contributed by atoms with Gasteiger partial charge in [0.05, 0.1) is 22.7 Å². The van der Waals surface area contributed by atoms with E-state index in [4.69, 9.17) is 27.9 Å². The first kappa shape index (κ1) is 15.0. The van der Waals surface area contributed by atoms with Crippen LogP contribution < -0.4 is 4.74 Å². The molecule has 106 valence electrons. The van der Waals surface area contributed by atoms with Crippen molar-refractivity contribution in [1.82, 2.24) is 0 Å². The van der Waals surface area contributed by atoms with E-state index in [1.165, 1.54) is 13.2 Å². The molecule has 2 rings (SSSR count). The predicted molar refractivity (Wildman–Crippen MR) is 73.5 cm³/mol. The van der Waals surface area contributed by atoms with Crippen molar-refractivity contribution in [3.63, 3.8) is 0 Å². The van der Waals surface area contributed by atoms with Gasteiger partial charge in [-0.3, -0.25) is 0 Å².